The van der Waals surface area contributed by atoms with Crippen LogP contribution in [0.4, 0.5) is 0 Å². The Kier molecular flexibility index (Phi) is 3.03. The van der Waals surface area contributed by atoms with Gasteiger partial charge in [0.1, 0.15) is 11.8 Å². The molecule has 0 aliphatic heterocycles. The molecular formula is C8H8ClN3. The van der Waals surface area contributed by atoms with E-state index in [2.05, 4.69) is 4.98 Å². The number of rotatable bonds is 2. The maximum absolute atomic E-state index is 8.55. The fourth-order valence-electron chi connectivity index (χ4n) is 0.884. The van der Waals surface area contributed by atoms with Gasteiger partial charge in [0.2, 0.25) is 0 Å². The van der Waals surface area contributed by atoms with Gasteiger partial charge in [-0.1, -0.05) is 11.6 Å². The highest BCUT2D eigenvalue weighted by Gasteiger charge is 1.99. The van der Waals surface area contributed by atoms with Crippen LogP contribution in [0.15, 0.2) is 12.1 Å². The number of halogens is 1. The van der Waals surface area contributed by atoms with Crippen molar-refractivity contribution < 1.29 is 0 Å². The van der Waals surface area contributed by atoms with Crippen molar-refractivity contribution in [2.75, 3.05) is 6.54 Å². The molecule has 2 N–H and O–H groups in total. The van der Waals surface area contributed by atoms with E-state index in [4.69, 9.17) is 22.6 Å². The average molecular weight is 182 g/mol. The Morgan fingerprint density at radius 2 is 2.33 bits per heavy atom. The number of hydrogen-bond donors (Lipinski definition) is 1. The van der Waals surface area contributed by atoms with Gasteiger partial charge in [-0.15, -0.1) is 0 Å². The molecule has 0 amide bonds. The van der Waals surface area contributed by atoms with Gasteiger partial charge >= 0.3 is 0 Å². The summed E-state index contributed by atoms with van der Waals surface area (Å²) >= 11 is 5.73. The Bertz CT molecular complexity index is 317. The van der Waals surface area contributed by atoms with Crippen molar-refractivity contribution in [3.8, 4) is 6.07 Å². The summed E-state index contributed by atoms with van der Waals surface area (Å²) in [5.41, 5.74) is 6.44. The number of nitrogens with two attached hydrogens (primary N) is 1. The van der Waals surface area contributed by atoms with Crippen molar-refractivity contribution in [1.29, 1.82) is 5.26 Å². The molecule has 1 aromatic rings. The first-order valence-corrected chi connectivity index (χ1v) is 3.90. The summed E-state index contributed by atoms with van der Waals surface area (Å²) in [5, 5.41) is 9.08. The summed E-state index contributed by atoms with van der Waals surface area (Å²) in [7, 11) is 0. The Hall–Kier alpha value is -1.11. The van der Waals surface area contributed by atoms with Crippen molar-refractivity contribution >= 4 is 11.6 Å². The normalized spacial score (nSPS) is 9.42. The van der Waals surface area contributed by atoms with Crippen LogP contribution >= 0.6 is 11.6 Å². The van der Waals surface area contributed by atoms with E-state index in [0.29, 0.717) is 23.7 Å². The Morgan fingerprint density at radius 1 is 1.58 bits per heavy atom. The summed E-state index contributed by atoms with van der Waals surface area (Å²) < 4.78 is 0. The second-order valence-electron chi connectivity index (χ2n) is 2.31. The van der Waals surface area contributed by atoms with Crippen molar-refractivity contribution in [3.05, 3.63) is 28.5 Å². The van der Waals surface area contributed by atoms with Gasteiger partial charge in [-0.3, -0.25) is 0 Å². The third kappa shape index (κ3) is 2.19. The smallest absolute Gasteiger partial charge is 0.142 e. The Balaban J connectivity index is 3.00. The van der Waals surface area contributed by atoms with Crippen LogP contribution < -0.4 is 5.73 Å². The van der Waals surface area contributed by atoms with Gasteiger partial charge in [0.05, 0.1) is 0 Å². The van der Waals surface area contributed by atoms with Crippen molar-refractivity contribution in [2.24, 2.45) is 5.73 Å². The molecule has 0 aliphatic rings. The zero-order valence-electron chi connectivity index (χ0n) is 6.42. The minimum Gasteiger partial charge on any atom is -0.330 e. The second kappa shape index (κ2) is 4.05. The molecule has 0 saturated carbocycles. The molecule has 0 spiro atoms. The first kappa shape index (κ1) is 8.98. The van der Waals surface area contributed by atoms with E-state index in [1.807, 2.05) is 6.07 Å². The van der Waals surface area contributed by atoms with Crippen LogP contribution in [0, 0.1) is 11.3 Å². The molecule has 3 nitrogen and oxygen atoms in total. The van der Waals surface area contributed by atoms with Crippen LogP contribution in [0.2, 0.25) is 5.02 Å². The van der Waals surface area contributed by atoms with E-state index >= 15 is 0 Å². The van der Waals surface area contributed by atoms with Crippen molar-refractivity contribution in [1.82, 2.24) is 4.98 Å². The highest BCUT2D eigenvalue weighted by atomic mass is 35.5. The number of nitriles is 1. The van der Waals surface area contributed by atoms with Gasteiger partial charge in [-0.05, 0) is 18.7 Å². The van der Waals surface area contributed by atoms with Crippen LogP contribution in [0.5, 0.6) is 0 Å². The minimum atomic E-state index is 0.339. The lowest BCUT2D eigenvalue weighted by atomic mass is 10.2. The number of pyridine rings is 1. The lowest BCUT2D eigenvalue weighted by molar-refractivity contribution is 0.919. The monoisotopic (exact) mass is 181 g/mol. The molecule has 0 radical (unpaired) electrons. The van der Waals surface area contributed by atoms with E-state index in [0.717, 1.165) is 5.69 Å². The fourth-order valence-corrected chi connectivity index (χ4v) is 1.11. The highest BCUT2D eigenvalue weighted by molar-refractivity contribution is 6.30. The van der Waals surface area contributed by atoms with Crippen LogP contribution in [-0.2, 0) is 6.42 Å². The molecule has 62 valence electrons. The lowest BCUT2D eigenvalue weighted by Gasteiger charge is -1.98. The van der Waals surface area contributed by atoms with Gasteiger partial charge in [0.15, 0.2) is 0 Å². The highest BCUT2D eigenvalue weighted by Crippen LogP contribution is 2.11. The molecule has 12 heavy (non-hydrogen) atoms. The topological polar surface area (TPSA) is 62.7 Å². The first-order valence-electron chi connectivity index (χ1n) is 3.53. The quantitative estimate of drug-likeness (QED) is 0.744. The molecule has 1 rings (SSSR count). The van der Waals surface area contributed by atoms with Gasteiger partial charge in [0, 0.05) is 17.1 Å². The predicted octanol–water partition coefficient (Wildman–Crippen LogP) is 1.11. The molecule has 4 heteroatoms. The Labute approximate surface area is 75.8 Å². The first-order chi connectivity index (χ1) is 5.76. The van der Waals surface area contributed by atoms with E-state index < -0.39 is 0 Å². The lowest BCUT2D eigenvalue weighted by Crippen LogP contribution is -2.04. The molecule has 0 unspecified atom stereocenters. The fraction of sp³-hybridized carbons (Fsp3) is 0.250. The van der Waals surface area contributed by atoms with Gasteiger partial charge in [0.25, 0.3) is 0 Å². The van der Waals surface area contributed by atoms with E-state index in [1.54, 1.807) is 6.07 Å². The summed E-state index contributed by atoms with van der Waals surface area (Å²) in [4.78, 5) is 4.02. The molecule has 0 fully saturated rings. The van der Waals surface area contributed by atoms with Crippen LogP contribution in [0.25, 0.3) is 0 Å². The summed E-state index contributed by atoms with van der Waals surface area (Å²) in [6.07, 6.45) is 0.648. The maximum atomic E-state index is 8.55. The standard InChI is InChI=1S/C8H8ClN3/c9-6-3-7(1-2-10)12-8(4-6)5-11/h3-4H,1-2,10H2. The van der Waals surface area contributed by atoms with Crippen LogP contribution in [-0.4, -0.2) is 11.5 Å². The molecule has 0 aromatic carbocycles. The summed E-state index contributed by atoms with van der Waals surface area (Å²) in [6, 6.07) is 5.18. The zero-order valence-corrected chi connectivity index (χ0v) is 7.17. The van der Waals surface area contributed by atoms with Crippen LogP contribution in [0.3, 0.4) is 0 Å². The molecule has 1 aromatic heterocycles. The van der Waals surface area contributed by atoms with E-state index in [-0.39, 0.29) is 0 Å². The molecule has 1 heterocycles. The number of hydrogen-bond acceptors (Lipinski definition) is 3. The van der Waals surface area contributed by atoms with Gasteiger partial charge < -0.3 is 5.73 Å². The zero-order chi connectivity index (χ0) is 8.97. The minimum absolute atomic E-state index is 0.339. The van der Waals surface area contributed by atoms with E-state index in [1.165, 1.54) is 6.07 Å². The molecular weight excluding hydrogens is 174 g/mol. The molecule has 0 aliphatic carbocycles. The van der Waals surface area contributed by atoms with Crippen molar-refractivity contribution in [3.63, 3.8) is 0 Å². The second-order valence-corrected chi connectivity index (χ2v) is 2.75. The maximum Gasteiger partial charge on any atom is 0.142 e. The third-order valence-electron chi connectivity index (χ3n) is 1.36. The average Bonchev–Trinajstić information content (AvgIpc) is 2.04. The Morgan fingerprint density at radius 3 is 2.92 bits per heavy atom. The molecule has 0 bridgehead atoms. The van der Waals surface area contributed by atoms with E-state index in [9.17, 15) is 0 Å². The third-order valence-corrected chi connectivity index (χ3v) is 1.58. The largest absolute Gasteiger partial charge is 0.330 e. The van der Waals surface area contributed by atoms with Gasteiger partial charge in [-0.25, -0.2) is 4.98 Å². The van der Waals surface area contributed by atoms with Crippen molar-refractivity contribution in [2.45, 2.75) is 6.42 Å². The molecule has 0 atom stereocenters. The summed E-state index contributed by atoms with van der Waals surface area (Å²) in [6.45, 7) is 0.512. The number of aromatic nitrogens is 1. The predicted molar refractivity (Wildman–Crippen MR) is 46.7 cm³/mol. The SMILES string of the molecule is N#Cc1cc(Cl)cc(CCN)n1. The number of nitrogens with zero attached hydrogens (tertiary/aromatic N) is 2. The molecule has 0 saturated heterocycles. The van der Waals surface area contributed by atoms with Crippen LogP contribution in [0.1, 0.15) is 11.4 Å². The summed E-state index contributed by atoms with van der Waals surface area (Å²) in [5.74, 6) is 0. The van der Waals surface area contributed by atoms with Gasteiger partial charge in [-0.2, -0.15) is 5.26 Å².